The van der Waals surface area contributed by atoms with Crippen LogP contribution >= 0.6 is 0 Å². The van der Waals surface area contributed by atoms with E-state index in [9.17, 15) is 13.0 Å². The van der Waals surface area contributed by atoms with Gasteiger partial charge in [0, 0.05) is 41.0 Å². The molecule has 0 aliphatic heterocycles. The van der Waals surface area contributed by atoms with Crippen LogP contribution in [0.25, 0.3) is 6.08 Å². The molecular formula is C17H19N3O5S2. The second-order valence-electron chi connectivity index (χ2n) is 5.99. The molecule has 2 heterocycles. The third kappa shape index (κ3) is 3.73. The van der Waals surface area contributed by atoms with Crippen LogP contribution in [0.3, 0.4) is 0 Å². The highest BCUT2D eigenvalue weighted by atomic mass is 32.2. The number of aromatic amines is 1. The maximum atomic E-state index is 12.8. The van der Waals surface area contributed by atoms with Crippen LogP contribution in [0.4, 0.5) is 0 Å². The zero-order valence-corrected chi connectivity index (χ0v) is 17.0. The fourth-order valence-electron chi connectivity index (χ4n) is 2.92. The maximum absolute atomic E-state index is 12.8. The zero-order valence-electron chi connectivity index (χ0n) is 15.3. The van der Waals surface area contributed by atoms with Gasteiger partial charge in [0.25, 0.3) is 0 Å². The lowest BCUT2D eigenvalue weighted by atomic mass is 10.1. The average Bonchev–Trinajstić information content (AvgIpc) is 3.07. The smallest absolute Gasteiger partial charge is 0.322 e. The number of nitrogens with zero attached hydrogens (tertiary/aromatic N) is 2. The summed E-state index contributed by atoms with van der Waals surface area (Å²) in [7, 11) is 0.601. The Morgan fingerprint density at radius 2 is 2.04 bits per heavy atom. The van der Waals surface area contributed by atoms with Crippen LogP contribution in [0.15, 0.2) is 17.1 Å². The van der Waals surface area contributed by atoms with Crippen LogP contribution in [0, 0.1) is 13.8 Å². The summed E-state index contributed by atoms with van der Waals surface area (Å²) in [5, 5.41) is 0.192. The summed E-state index contributed by atoms with van der Waals surface area (Å²) in [4.78, 5) is 11.7. The number of pyridine rings is 1. The Hall–Kier alpha value is -2.30. The molecule has 0 amide bonds. The molecule has 1 N–H and O–H groups in total. The van der Waals surface area contributed by atoms with Gasteiger partial charge in [0.05, 0.1) is 25.6 Å². The molecule has 0 bridgehead atoms. The van der Waals surface area contributed by atoms with E-state index in [2.05, 4.69) is 15.0 Å². The summed E-state index contributed by atoms with van der Waals surface area (Å²) in [6.07, 6.45) is 3.45. The SMILES string of the molecule is COC1=Cc2[nH]c([S@@+]([O-])Cc3ncc(C)c(OC)c3C)nc2C(=S(=O)=O)C1. The first-order valence-electron chi connectivity index (χ1n) is 8.03. The molecule has 0 saturated carbocycles. The van der Waals surface area contributed by atoms with Crippen molar-refractivity contribution in [3.8, 4) is 5.75 Å². The summed E-state index contributed by atoms with van der Waals surface area (Å²) in [5.41, 5.74) is 3.09. The normalized spacial score (nSPS) is 14.4. The van der Waals surface area contributed by atoms with Gasteiger partial charge < -0.3 is 14.0 Å². The summed E-state index contributed by atoms with van der Waals surface area (Å²) in [6, 6.07) is 0. The number of imidazole rings is 1. The largest absolute Gasteiger partial charge is 0.609 e. The van der Waals surface area contributed by atoms with Gasteiger partial charge in [-0.15, -0.1) is 0 Å². The number of fused-ring (bicyclic) bond motifs is 1. The van der Waals surface area contributed by atoms with E-state index in [1.54, 1.807) is 19.4 Å². The van der Waals surface area contributed by atoms with Gasteiger partial charge in [-0.2, -0.15) is 13.4 Å². The van der Waals surface area contributed by atoms with Crippen LogP contribution in [-0.4, -0.2) is 47.0 Å². The Balaban J connectivity index is 1.96. The molecular weight excluding hydrogens is 390 g/mol. The Labute approximate surface area is 161 Å². The topological polar surface area (TPSA) is 117 Å². The van der Waals surface area contributed by atoms with Crippen molar-refractivity contribution in [1.82, 2.24) is 15.0 Å². The summed E-state index contributed by atoms with van der Waals surface area (Å²) < 4.78 is 46.4. The quantitative estimate of drug-likeness (QED) is 0.588. The van der Waals surface area contributed by atoms with Gasteiger partial charge in [-0.1, -0.05) is 0 Å². The van der Waals surface area contributed by atoms with E-state index in [0.717, 1.165) is 11.1 Å². The number of rotatable bonds is 5. The third-order valence-corrected chi connectivity index (χ3v) is 6.21. The van der Waals surface area contributed by atoms with Crippen molar-refractivity contribution in [1.29, 1.82) is 0 Å². The Bertz CT molecular complexity index is 1050. The molecule has 2 aromatic rings. The van der Waals surface area contributed by atoms with Crippen molar-refractivity contribution in [3.63, 3.8) is 0 Å². The lowest BCUT2D eigenvalue weighted by molar-refractivity contribution is 0.291. The fourth-order valence-corrected chi connectivity index (χ4v) is 4.59. The number of ether oxygens (including phenoxy) is 2. The Morgan fingerprint density at radius 1 is 1.30 bits per heavy atom. The minimum absolute atomic E-state index is 0.107. The lowest BCUT2D eigenvalue weighted by Gasteiger charge is -2.13. The first-order chi connectivity index (χ1) is 12.8. The molecule has 1 aliphatic carbocycles. The van der Waals surface area contributed by atoms with E-state index >= 15 is 0 Å². The third-order valence-electron chi connectivity index (χ3n) is 4.31. The molecule has 27 heavy (non-hydrogen) atoms. The monoisotopic (exact) mass is 409 g/mol. The molecule has 2 aromatic heterocycles. The summed E-state index contributed by atoms with van der Waals surface area (Å²) in [6.45, 7) is 3.75. The number of aromatic nitrogens is 3. The standard InChI is InChI=1S/C17H19N3O5S2/c1-9-7-18-13(10(2)16(9)25-4)8-26(21)17-19-12-5-11(24-3)6-14(27(22)23)15(12)20-17/h5,7H,6,8H2,1-4H3,(H,19,20)/t26-/m0/s1. The fraction of sp³-hybridized carbons (Fsp3) is 0.353. The number of aryl methyl sites for hydroxylation is 1. The molecule has 0 spiro atoms. The molecule has 8 nitrogen and oxygen atoms in total. The molecule has 1 atom stereocenters. The first-order valence-corrected chi connectivity index (χ1v) is 10.4. The van der Waals surface area contributed by atoms with E-state index in [-0.39, 0.29) is 27.9 Å². The molecule has 0 aromatic carbocycles. The first kappa shape index (κ1) is 19.5. The van der Waals surface area contributed by atoms with Gasteiger partial charge in [0.2, 0.25) is 10.3 Å². The maximum Gasteiger partial charge on any atom is 0.322 e. The minimum Gasteiger partial charge on any atom is -0.609 e. The van der Waals surface area contributed by atoms with E-state index in [0.29, 0.717) is 22.9 Å². The lowest BCUT2D eigenvalue weighted by Crippen LogP contribution is -2.12. The highest BCUT2D eigenvalue weighted by Gasteiger charge is 2.28. The average molecular weight is 409 g/mol. The summed E-state index contributed by atoms with van der Waals surface area (Å²) >= 11 is -1.54. The van der Waals surface area contributed by atoms with E-state index in [4.69, 9.17) is 9.47 Å². The zero-order chi connectivity index (χ0) is 19.7. The van der Waals surface area contributed by atoms with Crippen LogP contribution < -0.4 is 4.74 Å². The van der Waals surface area contributed by atoms with Gasteiger partial charge in [0.1, 0.15) is 22.1 Å². The van der Waals surface area contributed by atoms with Crippen molar-refractivity contribution >= 4 is 32.4 Å². The van der Waals surface area contributed by atoms with Crippen LogP contribution in [-0.2, 0) is 32.0 Å². The highest BCUT2D eigenvalue weighted by molar-refractivity contribution is 7.90. The van der Waals surface area contributed by atoms with Crippen molar-refractivity contribution < 1.29 is 22.4 Å². The predicted octanol–water partition coefficient (Wildman–Crippen LogP) is 1.53. The number of hydrogen-bond acceptors (Lipinski definition) is 7. The van der Waals surface area contributed by atoms with E-state index < -0.39 is 21.5 Å². The molecule has 0 unspecified atom stereocenters. The Kier molecular flexibility index (Phi) is 5.59. The second kappa shape index (κ2) is 7.75. The molecule has 0 saturated heterocycles. The highest BCUT2D eigenvalue weighted by Crippen LogP contribution is 2.28. The van der Waals surface area contributed by atoms with Crippen LogP contribution in [0.1, 0.15) is 34.6 Å². The molecule has 10 heteroatoms. The predicted molar refractivity (Wildman–Crippen MR) is 102 cm³/mol. The molecule has 0 fully saturated rings. The number of nitrogens with one attached hydrogen (secondary N) is 1. The van der Waals surface area contributed by atoms with Crippen molar-refractivity contribution in [2.75, 3.05) is 14.2 Å². The van der Waals surface area contributed by atoms with Gasteiger partial charge in [-0.05, 0) is 13.8 Å². The number of allylic oxidation sites excluding steroid dienone is 1. The van der Waals surface area contributed by atoms with Gasteiger partial charge in [-0.3, -0.25) is 9.97 Å². The van der Waals surface area contributed by atoms with E-state index in [1.807, 2.05) is 13.8 Å². The van der Waals surface area contributed by atoms with Gasteiger partial charge >= 0.3 is 5.16 Å². The Morgan fingerprint density at radius 3 is 2.67 bits per heavy atom. The van der Waals surface area contributed by atoms with Crippen molar-refractivity contribution in [2.24, 2.45) is 0 Å². The minimum atomic E-state index is -2.45. The van der Waals surface area contributed by atoms with Crippen LogP contribution in [0.5, 0.6) is 5.75 Å². The number of methoxy groups -OCH3 is 2. The number of hydrogen-bond donors (Lipinski definition) is 1. The van der Waals surface area contributed by atoms with Crippen molar-refractivity contribution in [3.05, 3.63) is 40.2 Å². The molecule has 0 radical (unpaired) electrons. The van der Waals surface area contributed by atoms with E-state index in [1.165, 1.54) is 7.11 Å². The molecule has 3 rings (SSSR count). The van der Waals surface area contributed by atoms with Crippen molar-refractivity contribution in [2.45, 2.75) is 31.2 Å². The van der Waals surface area contributed by atoms with Gasteiger partial charge in [0.15, 0.2) is 5.75 Å². The summed E-state index contributed by atoms with van der Waals surface area (Å²) in [5.74, 6) is 1.33. The molecule has 1 aliphatic rings. The molecule has 144 valence electrons. The number of H-pyrrole nitrogens is 1. The van der Waals surface area contributed by atoms with Crippen LogP contribution in [0.2, 0.25) is 0 Å². The van der Waals surface area contributed by atoms with Gasteiger partial charge in [-0.25, -0.2) is 0 Å². The second-order valence-corrected chi connectivity index (χ2v) is 8.32.